The number of aromatic nitrogens is 2. The monoisotopic (exact) mass is 261 g/mol. The van der Waals surface area contributed by atoms with E-state index in [-0.39, 0.29) is 5.91 Å². The predicted molar refractivity (Wildman–Crippen MR) is 72.7 cm³/mol. The summed E-state index contributed by atoms with van der Waals surface area (Å²) in [7, 11) is 1.80. The molecule has 0 aromatic carbocycles. The largest absolute Gasteiger partial charge is 0.360 e. The van der Waals surface area contributed by atoms with Crippen LogP contribution < -0.4 is 0 Å². The Morgan fingerprint density at radius 1 is 1.37 bits per heavy atom. The number of hydrogen-bond donors (Lipinski definition) is 0. The summed E-state index contributed by atoms with van der Waals surface area (Å²) in [6.45, 7) is 8.37. The fourth-order valence-corrected chi connectivity index (χ4v) is 2.14. The van der Waals surface area contributed by atoms with E-state index in [1.165, 1.54) is 0 Å². The van der Waals surface area contributed by atoms with Crippen molar-refractivity contribution < 1.29 is 9.32 Å². The van der Waals surface area contributed by atoms with Crippen molar-refractivity contribution >= 4 is 5.91 Å². The van der Waals surface area contributed by atoms with E-state index >= 15 is 0 Å². The molecular formula is C14H19N3O2. The van der Waals surface area contributed by atoms with Crippen LogP contribution in [0.5, 0.6) is 0 Å². The van der Waals surface area contributed by atoms with Crippen LogP contribution in [0.3, 0.4) is 0 Å². The van der Waals surface area contributed by atoms with Gasteiger partial charge in [-0.25, -0.2) is 0 Å². The Labute approximate surface area is 112 Å². The van der Waals surface area contributed by atoms with Gasteiger partial charge in [0.1, 0.15) is 5.76 Å². The van der Waals surface area contributed by atoms with E-state index < -0.39 is 0 Å². The first-order chi connectivity index (χ1) is 8.95. The van der Waals surface area contributed by atoms with Crippen LogP contribution in [0.15, 0.2) is 16.7 Å². The Morgan fingerprint density at radius 2 is 2.05 bits per heavy atom. The van der Waals surface area contributed by atoms with E-state index in [1.807, 2.05) is 44.4 Å². The van der Waals surface area contributed by atoms with E-state index in [0.717, 1.165) is 17.1 Å². The average Bonchev–Trinajstić information content (AvgIpc) is 2.91. The van der Waals surface area contributed by atoms with Crippen molar-refractivity contribution in [2.75, 3.05) is 13.6 Å². The lowest BCUT2D eigenvalue weighted by atomic mass is 10.2. The molecule has 0 aliphatic heterocycles. The van der Waals surface area contributed by atoms with Gasteiger partial charge >= 0.3 is 0 Å². The van der Waals surface area contributed by atoms with E-state index in [1.54, 1.807) is 11.9 Å². The van der Waals surface area contributed by atoms with E-state index in [0.29, 0.717) is 17.9 Å². The first-order valence-electron chi connectivity index (χ1n) is 6.33. The van der Waals surface area contributed by atoms with Gasteiger partial charge < -0.3 is 9.42 Å². The first-order valence-corrected chi connectivity index (χ1v) is 6.33. The number of nitrogens with zero attached hydrogens (tertiary/aromatic N) is 3. The molecule has 0 saturated carbocycles. The zero-order chi connectivity index (χ0) is 14.2. The molecule has 2 aromatic heterocycles. The number of aryl methyl sites for hydroxylation is 2. The summed E-state index contributed by atoms with van der Waals surface area (Å²) in [5.74, 6) is 1.49. The smallest absolute Gasteiger partial charge is 0.255 e. The van der Waals surface area contributed by atoms with Crippen molar-refractivity contribution in [1.29, 1.82) is 0 Å². The second-order valence-electron chi connectivity index (χ2n) is 4.74. The van der Waals surface area contributed by atoms with Gasteiger partial charge in [0, 0.05) is 31.0 Å². The molecule has 5 nitrogen and oxygen atoms in total. The van der Waals surface area contributed by atoms with Gasteiger partial charge in [0.05, 0.1) is 5.56 Å². The minimum absolute atomic E-state index is 0.0297. The highest BCUT2D eigenvalue weighted by Crippen LogP contribution is 2.21. The number of carbonyl (C=O) groups excluding carboxylic acids is 1. The lowest BCUT2D eigenvalue weighted by molar-refractivity contribution is 0.0801. The molecule has 2 heterocycles. The quantitative estimate of drug-likeness (QED) is 0.853. The van der Waals surface area contributed by atoms with Crippen molar-refractivity contribution in [2.45, 2.75) is 27.7 Å². The maximum atomic E-state index is 12.3. The molecule has 0 unspecified atom stereocenters. The number of amides is 1. The molecule has 0 N–H and O–H groups in total. The molecule has 0 fully saturated rings. The molecule has 1 amide bonds. The normalized spacial score (nSPS) is 10.8. The Hall–Kier alpha value is -2.04. The van der Waals surface area contributed by atoms with Crippen molar-refractivity contribution in [1.82, 2.24) is 14.6 Å². The van der Waals surface area contributed by atoms with Gasteiger partial charge in [-0.1, -0.05) is 5.16 Å². The van der Waals surface area contributed by atoms with Gasteiger partial charge in [0.2, 0.25) is 0 Å². The molecule has 0 radical (unpaired) electrons. The number of rotatable bonds is 3. The van der Waals surface area contributed by atoms with Crippen LogP contribution in [0.4, 0.5) is 0 Å². The van der Waals surface area contributed by atoms with Crippen molar-refractivity contribution in [2.24, 2.45) is 0 Å². The molecular weight excluding hydrogens is 242 g/mol. The summed E-state index contributed by atoms with van der Waals surface area (Å²) in [5.41, 5.74) is 2.57. The molecule has 0 aliphatic rings. The van der Waals surface area contributed by atoms with E-state index in [4.69, 9.17) is 4.52 Å². The number of carbonyl (C=O) groups is 1. The van der Waals surface area contributed by atoms with Crippen LogP contribution in [-0.2, 0) is 0 Å². The molecule has 0 spiro atoms. The van der Waals surface area contributed by atoms with Crippen molar-refractivity contribution in [3.63, 3.8) is 0 Å². The van der Waals surface area contributed by atoms with Gasteiger partial charge in [-0.15, -0.1) is 0 Å². The molecule has 5 heteroatoms. The fourth-order valence-electron chi connectivity index (χ4n) is 2.14. The SMILES string of the molecule is CCN(C)C(=O)c1cc(C)n(-c2cc(C)on2)c1C. The van der Waals surface area contributed by atoms with Crippen LogP contribution in [0.2, 0.25) is 0 Å². The molecule has 0 bridgehead atoms. The third kappa shape index (κ3) is 2.28. The van der Waals surface area contributed by atoms with E-state index in [2.05, 4.69) is 5.16 Å². The molecule has 2 rings (SSSR count). The Bertz CT molecular complexity index is 610. The summed E-state index contributed by atoms with van der Waals surface area (Å²) < 4.78 is 7.04. The van der Waals surface area contributed by atoms with Gasteiger partial charge in [0.25, 0.3) is 5.91 Å². The summed E-state index contributed by atoms with van der Waals surface area (Å²) in [4.78, 5) is 14.0. The average molecular weight is 261 g/mol. The second-order valence-corrected chi connectivity index (χ2v) is 4.74. The third-order valence-corrected chi connectivity index (χ3v) is 3.33. The molecule has 2 aromatic rings. The molecule has 0 atom stereocenters. The lowest BCUT2D eigenvalue weighted by Crippen LogP contribution is -2.26. The van der Waals surface area contributed by atoms with Crippen molar-refractivity contribution in [3.8, 4) is 5.82 Å². The summed E-state index contributed by atoms with van der Waals surface area (Å²) in [6.07, 6.45) is 0. The molecule has 0 saturated heterocycles. The highest BCUT2D eigenvalue weighted by Gasteiger charge is 2.20. The fraction of sp³-hybridized carbons (Fsp3) is 0.429. The maximum Gasteiger partial charge on any atom is 0.255 e. The topological polar surface area (TPSA) is 51.3 Å². The van der Waals surface area contributed by atoms with Gasteiger partial charge in [-0.3, -0.25) is 9.36 Å². The van der Waals surface area contributed by atoms with Crippen LogP contribution in [0.25, 0.3) is 5.82 Å². The molecule has 102 valence electrons. The minimum atomic E-state index is 0.0297. The Balaban J connectivity index is 2.49. The zero-order valence-corrected chi connectivity index (χ0v) is 12.0. The van der Waals surface area contributed by atoms with Gasteiger partial charge in [0.15, 0.2) is 5.82 Å². The van der Waals surface area contributed by atoms with Crippen LogP contribution in [-0.4, -0.2) is 34.1 Å². The first kappa shape index (κ1) is 13.4. The second kappa shape index (κ2) is 4.91. The van der Waals surface area contributed by atoms with Crippen molar-refractivity contribution in [3.05, 3.63) is 34.8 Å². The summed E-state index contributed by atoms with van der Waals surface area (Å²) >= 11 is 0. The van der Waals surface area contributed by atoms with Gasteiger partial charge in [-0.2, -0.15) is 0 Å². The standard InChI is InChI=1S/C14H19N3O2/c1-6-16(5)14(18)12-7-9(2)17(11(12)4)13-8-10(3)19-15-13/h7-8H,6H2,1-5H3. The summed E-state index contributed by atoms with van der Waals surface area (Å²) in [5, 5.41) is 4.01. The highest BCUT2D eigenvalue weighted by atomic mass is 16.5. The minimum Gasteiger partial charge on any atom is -0.360 e. The number of hydrogen-bond acceptors (Lipinski definition) is 3. The van der Waals surface area contributed by atoms with Crippen LogP contribution in [0.1, 0.15) is 34.4 Å². The molecule has 0 aliphatic carbocycles. The maximum absolute atomic E-state index is 12.3. The predicted octanol–water partition coefficient (Wildman–Crippen LogP) is 2.48. The van der Waals surface area contributed by atoms with Crippen LogP contribution >= 0.6 is 0 Å². The van der Waals surface area contributed by atoms with Gasteiger partial charge in [-0.05, 0) is 33.8 Å². The lowest BCUT2D eigenvalue weighted by Gasteiger charge is -2.14. The summed E-state index contributed by atoms with van der Waals surface area (Å²) in [6, 6.07) is 3.76. The Morgan fingerprint density at radius 3 is 2.58 bits per heavy atom. The third-order valence-electron chi connectivity index (χ3n) is 3.33. The highest BCUT2D eigenvalue weighted by molar-refractivity contribution is 5.95. The van der Waals surface area contributed by atoms with E-state index in [9.17, 15) is 4.79 Å². The van der Waals surface area contributed by atoms with Crippen LogP contribution in [0, 0.1) is 20.8 Å². The molecule has 19 heavy (non-hydrogen) atoms. The Kier molecular flexibility index (Phi) is 3.46. The zero-order valence-electron chi connectivity index (χ0n) is 12.0.